The average molecular weight is 172 g/mol. The molecule has 0 radical (unpaired) electrons. The van der Waals surface area contributed by atoms with Gasteiger partial charge in [-0.05, 0) is 17.7 Å². The van der Waals surface area contributed by atoms with E-state index in [-0.39, 0.29) is 0 Å². The van der Waals surface area contributed by atoms with Crippen LogP contribution in [0.2, 0.25) is 5.02 Å². The summed E-state index contributed by atoms with van der Waals surface area (Å²) in [4.78, 5) is 4.97. The first-order valence-corrected chi connectivity index (χ1v) is 3.73. The van der Waals surface area contributed by atoms with Gasteiger partial charge in [0.2, 0.25) is 0 Å². The zero-order chi connectivity index (χ0) is 8.10. The molecule has 0 heterocycles. The molecule has 0 aliphatic rings. The Morgan fingerprint density at radius 3 is 3.00 bits per heavy atom. The number of benzene rings is 1. The van der Waals surface area contributed by atoms with Crippen molar-refractivity contribution in [3.05, 3.63) is 34.9 Å². The summed E-state index contributed by atoms with van der Waals surface area (Å²) in [5, 5.41) is 0.738. The Bertz CT molecular complexity index is 227. The van der Waals surface area contributed by atoms with Gasteiger partial charge in [0.1, 0.15) is 0 Å². The molecule has 0 saturated heterocycles. The van der Waals surface area contributed by atoms with Crippen LogP contribution in [0.4, 0.5) is 0 Å². The molecule has 0 bridgehead atoms. The van der Waals surface area contributed by atoms with Gasteiger partial charge in [0, 0.05) is 12.1 Å². The summed E-state index contributed by atoms with van der Waals surface area (Å²) in [6.07, 6.45) is 0. The Labute approximate surface area is 71.1 Å². The van der Waals surface area contributed by atoms with Crippen LogP contribution < -0.4 is 5.48 Å². The highest BCUT2D eigenvalue weighted by Gasteiger charge is 1.92. The van der Waals surface area contributed by atoms with Crippen molar-refractivity contribution in [1.29, 1.82) is 0 Å². The van der Waals surface area contributed by atoms with Crippen molar-refractivity contribution in [2.24, 2.45) is 0 Å². The first-order chi connectivity index (χ1) is 5.33. The minimum atomic E-state index is 0.539. The summed E-state index contributed by atoms with van der Waals surface area (Å²) in [5.41, 5.74) is 3.65. The molecule has 0 aromatic heterocycles. The Kier molecular flexibility index (Phi) is 3.36. The molecule has 1 rings (SSSR count). The van der Waals surface area contributed by atoms with Gasteiger partial charge in [-0.3, -0.25) is 4.84 Å². The molecule has 0 spiro atoms. The van der Waals surface area contributed by atoms with E-state index in [9.17, 15) is 0 Å². The van der Waals surface area contributed by atoms with Crippen LogP contribution in [0, 0.1) is 0 Å². The van der Waals surface area contributed by atoms with Crippen LogP contribution >= 0.6 is 11.6 Å². The number of halogens is 1. The molecule has 1 aromatic rings. The van der Waals surface area contributed by atoms with E-state index in [4.69, 9.17) is 16.4 Å². The van der Waals surface area contributed by atoms with Crippen molar-refractivity contribution in [1.82, 2.24) is 5.48 Å². The van der Waals surface area contributed by atoms with Gasteiger partial charge >= 0.3 is 0 Å². The van der Waals surface area contributed by atoms with Crippen LogP contribution in [-0.2, 0) is 11.4 Å². The van der Waals surface area contributed by atoms with Gasteiger partial charge in [0.15, 0.2) is 0 Å². The first-order valence-electron chi connectivity index (χ1n) is 3.36. The molecule has 0 unspecified atom stereocenters. The van der Waals surface area contributed by atoms with E-state index in [0.717, 1.165) is 10.6 Å². The van der Waals surface area contributed by atoms with Gasteiger partial charge in [0.25, 0.3) is 0 Å². The molecule has 11 heavy (non-hydrogen) atoms. The van der Waals surface area contributed by atoms with Crippen LogP contribution in [0.25, 0.3) is 0 Å². The number of hydrogen-bond donors (Lipinski definition) is 1. The fraction of sp³-hybridized carbons (Fsp3) is 0.250. The third-order valence-corrected chi connectivity index (χ3v) is 1.51. The highest BCUT2D eigenvalue weighted by molar-refractivity contribution is 6.30. The molecule has 2 nitrogen and oxygen atoms in total. The van der Waals surface area contributed by atoms with Gasteiger partial charge in [-0.1, -0.05) is 23.7 Å². The second-order valence-corrected chi connectivity index (χ2v) is 2.56. The zero-order valence-corrected chi connectivity index (χ0v) is 7.06. The van der Waals surface area contributed by atoms with Crippen LogP contribution in [0.3, 0.4) is 0 Å². The van der Waals surface area contributed by atoms with Crippen molar-refractivity contribution in [2.75, 3.05) is 7.05 Å². The Morgan fingerprint density at radius 2 is 2.36 bits per heavy atom. The minimum absolute atomic E-state index is 0.539. The molecular formula is C8H10ClNO. The number of nitrogens with one attached hydrogen (secondary N) is 1. The third-order valence-electron chi connectivity index (χ3n) is 1.27. The molecule has 0 amide bonds. The van der Waals surface area contributed by atoms with E-state index in [1.807, 2.05) is 24.3 Å². The number of rotatable bonds is 3. The largest absolute Gasteiger partial charge is 0.297 e. The molecule has 1 aromatic carbocycles. The summed E-state index contributed by atoms with van der Waals surface area (Å²) >= 11 is 5.75. The number of hydroxylamine groups is 1. The highest BCUT2D eigenvalue weighted by atomic mass is 35.5. The smallest absolute Gasteiger partial charge is 0.0933 e. The van der Waals surface area contributed by atoms with Crippen LogP contribution in [0.15, 0.2) is 24.3 Å². The topological polar surface area (TPSA) is 21.3 Å². The Hall–Kier alpha value is -0.570. The minimum Gasteiger partial charge on any atom is -0.297 e. The second-order valence-electron chi connectivity index (χ2n) is 2.12. The van der Waals surface area contributed by atoms with Crippen molar-refractivity contribution in [2.45, 2.75) is 6.61 Å². The van der Waals surface area contributed by atoms with E-state index < -0.39 is 0 Å². The summed E-state index contributed by atoms with van der Waals surface area (Å²) in [5.74, 6) is 0. The van der Waals surface area contributed by atoms with E-state index in [2.05, 4.69) is 5.48 Å². The normalized spacial score (nSPS) is 10.0. The summed E-state index contributed by atoms with van der Waals surface area (Å²) in [6, 6.07) is 7.57. The van der Waals surface area contributed by atoms with Gasteiger partial charge in [-0.15, -0.1) is 0 Å². The molecule has 0 fully saturated rings. The first kappa shape index (κ1) is 8.53. The van der Waals surface area contributed by atoms with Crippen LogP contribution in [-0.4, -0.2) is 7.05 Å². The zero-order valence-electron chi connectivity index (χ0n) is 6.30. The molecule has 3 heteroatoms. The van der Waals surface area contributed by atoms with Crippen molar-refractivity contribution < 1.29 is 4.84 Å². The Balaban J connectivity index is 2.56. The molecule has 1 N–H and O–H groups in total. The third kappa shape index (κ3) is 2.89. The molecule has 60 valence electrons. The van der Waals surface area contributed by atoms with Crippen LogP contribution in [0.1, 0.15) is 5.56 Å². The van der Waals surface area contributed by atoms with Crippen molar-refractivity contribution in [3.63, 3.8) is 0 Å². The van der Waals surface area contributed by atoms with E-state index in [1.54, 1.807) is 7.05 Å². The molecular weight excluding hydrogens is 162 g/mol. The lowest BCUT2D eigenvalue weighted by Crippen LogP contribution is -2.06. The molecule has 0 aliphatic heterocycles. The summed E-state index contributed by atoms with van der Waals surface area (Å²) in [6.45, 7) is 0.539. The number of hydrogen-bond acceptors (Lipinski definition) is 2. The van der Waals surface area contributed by atoms with E-state index in [1.165, 1.54) is 0 Å². The van der Waals surface area contributed by atoms with E-state index in [0.29, 0.717) is 6.61 Å². The predicted molar refractivity (Wildman–Crippen MR) is 45.3 cm³/mol. The second kappa shape index (κ2) is 4.34. The maximum atomic E-state index is 5.75. The van der Waals surface area contributed by atoms with Gasteiger partial charge in [0.05, 0.1) is 6.61 Å². The fourth-order valence-corrected chi connectivity index (χ4v) is 0.995. The Morgan fingerprint density at radius 1 is 1.55 bits per heavy atom. The SMILES string of the molecule is CNOCc1cccc(Cl)c1. The lowest BCUT2D eigenvalue weighted by Gasteiger charge is -2.00. The lowest BCUT2D eigenvalue weighted by atomic mass is 10.2. The standard InChI is InChI=1S/C8H10ClNO/c1-10-11-6-7-3-2-4-8(9)5-7/h2-5,10H,6H2,1H3. The summed E-state index contributed by atoms with van der Waals surface area (Å²) < 4.78 is 0. The highest BCUT2D eigenvalue weighted by Crippen LogP contribution is 2.10. The van der Waals surface area contributed by atoms with Gasteiger partial charge in [-0.2, -0.15) is 0 Å². The van der Waals surface area contributed by atoms with Gasteiger partial charge in [-0.25, -0.2) is 5.48 Å². The molecule has 0 aliphatic carbocycles. The fourth-order valence-electron chi connectivity index (χ4n) is 0.782. The summed E-state index contributed by atoms with van der Waals surface area (Å²) in [7, 11) is 1.73. The van der Waals surface area contributed by atoms with Gasteiger partial charge < -0.3 is 0 Å². The molecule has 0 saturated carbocycles. The maximum Gasteiger partial charge on any atom is 0.0933 e. The van der Waals surface area contributed by atoms with Crippen LogP contribution in [0.5, 0.6) is 0 Å². The monoisotopic (exact) mass is 171 g/mol. The predicted octanol–water partition coefficient (Wildman–Crippen LogP) is 1.99. The van der Waals surface area contributed by atoms with E-state index >= 15 is 0 Å². The van der Waals surface area contributed by atoms with Crippen molar-refractivity contribution >= 4 is 11.6 Å². The average Bonchev–Trinajstić information content (AvgIpc) is 2.01. The lowest BCUT2D eigenvalue weighted by molar-refractivity contribution is 0.0444. The maximum absolute atomic E-state index is 5.75. The van der Waals surface area contributed by atoms with Crippen molar-refractivity contribution in [3.8, 4) is 0 Å². The quantitative estimate of drug-likeness (QED) is 0.703. The molecule has 0 atom stereocenters.